The Balaban J connectivity index is 1.74. The van der Waals surface area contributed by atoms with Crippen molar-refractivity contribution in [2.24, 2.45) is 0 Å². The molecule has 1 aromatic heterocycles. The molecular weight excluding hydrogens is 406 g/mol. The van der Waals surface area contributed by atoms with Crippen molar-refractivity contribution in [2.45, 2.75) is 23.5 Å². The number of thiazole rings is 1. The molecule has 0 radical (unpaired) electrons. The lowest BCUT2D eigenvalue weighted by molar-refractivity contribution is -0.142. The fourth-order valence-corrected chi connectivity index (χ4v) is 4.30. The second-order valence-corrected chi connectivity index (χ2v) is 8.13. The summed E-state index contributed by atoms with van der Waals surface area (Å²) in [5, 5.41) is 4.61. The van der Waals surface area contributed by atoms with E-state index in [1.165, 1.54) is 23.1 Å². The number of carbonyl (C=O) groups excluding carboxylic acids is 2. The number of carbonyl (C=O) groups is 2. The summed E-state index contributed by atoms with van der Waals surface area (Å²) in [5.74, 6) is -0.521. The van der Waals surface area contributed by atoms with Crippen LogP contribution in [0.25, 0.3) is 0 Å². The Labute approximate surface area is 177 Å². The Hall–Kier alpha value is -2.84. The maximum Gasteiger partial charge on any atom is 0.311 e. The van der Waals surface area contributed by atoms with Crippen molar-refractivity contribution in [2.75, 3.05) is 17.7 Å². The molecule has 0 fully saturated rings. The van der Waals surface area contributed by atoms with Crippen molar-refractivity contribution >= 4 is 45.8 Å². The van der Waals surface area contributed by atoms with Crippen LogP contribution in [0.4, 0.5) is 10.8 Å². The van der Waals surface area contributed by atoms with Gasteiger partial charge < -0.3 is 15.8 Å². The van der Waals surface area contributed by atoms with E-state index in [1.54, 1.807) is 12.3 Å². The maximum absolute atomic E-state index is 13.0. The average molecular weight is 428 g/mol. The largest absolute Gasteiger partial charge is 0.466 e. The van der Waals surface area contributed by atoms with Crippen LogP contribution in [0.5, 0.6) is 0 Å². The molecule has 0 bridgehead atoms. The molecule has 29 heavy (non-hydrogen) atoms. The predicted molar refractivity (Wildman–Crippen MR) is 117 cm³/mol. The Kier molecular flexibility index (Phi) is 7.26. The number of anilines is 2. The minimum atomic E-state index is -0.461. The zero-order valence-corrected chi connectivity index (χ0v) is 17.5. The summed E-state index contributed by atoms with van der Waals surface area (Å²) in [6.45, 7) is 2.08. The fraction of sp³-hybridized carbons (Fsp3) is 0.190. The summed E-state index contributed by atoms with van der Waals surface area (Å²) < 4.78 is 4.93. The molecule has 0 saturated heterocycles. The first-order valence-corrected chi connectivity index (χ1v) is 10.8. The lowest BCUT2D eigenvalue weighted by atomic mass is 10.1. The molecule has 3 N–H and O–H groups in total. The van der Waals surface area contributed by atoms with Gasteiger partial charge in [0.2, 0.25) is 5.91 Å². The van der Waals surface area contributed by atoms with E-state index in [-0.39, 0.29) is 18.3 Å². The van der Waals surface area contributed by atoms with Gasteiger partial charge in [-0.2, -0.15) is 0 Å². The van der Waals surface area contributed by atoms with Gasteiger partial charge in [0.1, 0.15) is 5.25 Å². The van der Waals surface area contributed by atoms with Gasteiger partial charge in [-0.15, -0.1) is 23.1 Å². The molecule has 3 rings (SSSR count). The monoisotopic (exact) mass is 427 g/mol. The van der Waals surface area contributed by atoms with Crippen LogP contribution in [0.2, 0.25) is 0 Å². The summed E-state index contributed by atoms with van der Waals surface area (Å²) in [6, 6.07) is 17.0. The van der Waals surface area contributed by atoms with Gasteiger partial charge in [-0.3, -0.25) is 9.59 Å². The third-order valence-corrected chi connectivity index (χ3v) is 5.96. The molecule has 0 saturated carbocycles. The summed E-state index contributed by atoms with van der Waals surface area (Å²) >= 11 is 2.72. The van der Waals surface area contributed by atoms with Gasteiger partial charge in [-0.05, 0) is 36.8 Å². The number of thioether (sulfide) groups is 1. The van der Waals surface area contributed by atoms with Crippen molar-refractivity contribution < 1.29 is 14.3 Å². The highest BCUT2D eigenvalue weighted by atomic mass is 32.2. The molecule has 8 heteroatoms. The van der Waals surface area contributed by atoms with E-state index >= 15 is 0 Å². The number of hydrogen-bond acceptors (Lipinski definition) is 7. The first-order chi connectivity index (χ1) is 14.0. The average Bonchev–Trinajstić information content (AvgIpc) is 3.14. The number of nitrogens with one attached hydrogen (secondary N) is 1. The molecule has 0 aliphatic rings. The van der Waals surface area contributed by atoms with Crippen LogP contribution < -0.4 is 11.1 Å². The number of benzene rings is 2. The van der Waals surface area contributed by atoms with Gasteiger partial charge in [0.15, 0.2) is 5.13 Å². The zero-order chi connectivity index (χ0) is 20.6. The molecule has 0 aliphatic carbocycles. The zero-order valence-electron chi connectivity index (χ0n) is 15.8. The van der Waals surface area contributed by atoms with Gasteiger partial charge in [-0.1, -0.05) is 30.3 Å². The van der Waals surface area contributed by atoms with Crippen molar-refractivity contribution in [3.05, 3.63) is 71.2 Å². The highest BCUT2D eigenvalue weighted by Gasteiger charge is 2.23. The van der Waals surface area contributed by atoms with Crippen LogP contribution >= 0.6 is 23.1 Å². The molecule has 1 heterocycles. The Morgan fingerprint density at radius 1 is 1.17 bits per heavy atom. The van der Waals surface area contributed by atoms with E-state index in [2.05, 4.69) is 10.3 Å². The molecule has 1 atom stereocenters. The van der Waals surface area contributed by atoms with Crippen LogP contribution in [0.3, 0.4) is 0 Å². The van der Waals surface area contributed by atoms with E-state index in [1.807, 2.05) is 54.6 Å². The molecular formula is C21H21N3O3S2. The highest BCUT2D eigenvalue weighted by molar-refractivity contribution is 8.00. The molecule has 1 amide bonds. The number of esters is 1. The Bertz CT molecular complexity index is 959. The van der Waals surface area contributed by atoms with E-state index in [9.17, 15) is 9.59 Å². The SMILES string of the molecule is CCOC(=O)Cc1csc(NC(=O)C(Sc2ccc(N)cc2)c2ccccc2)n1. The third kappa shape index (κ3) is 6.07. The van der Waals surface area contributed by atoms with E-state index in [0.29, 0.717) is 23.1 Å². The van der Waals surface area contributed by atoms with Crippen LogP contribution in [0, 0.1) is 0 Å². The van der Waals surface area contributed by atoms with Gasteiger partial charge in [-0.25, -0.2) is 4.98 Å². The molecule has 150 valence electrons. The van der Waals surface area contributed by atoms with Gasteiger partial charge in [0.05, 0.1) is 18.7 Å². The number of amides is 1. The number of ether oxygens (including phenoxy) is 1. The Morgan fingerprint density at radius 2 is 1.90 bits per heavy atom. The molecule has 0 aliphatic heterocycles. The number of nitrogen functional groups attached to an aromatic ring is 1. The minimum Gasteiger partial charge on any atom is -0.466 e. The molecule has 6 nitrogen and oxygen atoms in total. The van der Waals surface area contributed by atoms with Gasteiger partial charge >= 0.3 is 5.97 Å². The number of rotatable bonds is 8. The van der Waals surface area contributed by atoms with Crippen LogP contribution in [0.1, 0.15) is 23.4 Å². The van der Waals surface area contributed by atoms with Crippen molar-refractivity contribution in [3.8, 4) is 0 Å². The summed E-state index contributed by atoms with van der Waals surface area (Å²) in [4.78, 5) is 29.9. The first kappa shape index (κ1) is 20.9. The van der Waals surface area contributed by atoms with Crippen molar-refractivity contribution in [3.63, 3.8) is 0 Å². The number of nitrogens with two attached hydrogens (primary N) is 1. The molecule has 1 unspecified atom stereocenters. The highest BCUT2D eigenvalue weighted by Crippen LogP contribution is 2.36. The van der Waals surface area contributed by atoms with Crippen LogP contribution in [-0.4, -0.2) is 23.5 Å². The lowest BCUT2D eigenvalue weighted by Gasteiger charge is -2.16. The normalized spacial score (nSPS) is 11.6. The first-order valence-electron chi connectivity index (χ1n) is 9.03. The second kappa shape index (κ2) is 10.1. The van der Waals surface area contributed by atoms with Gasteiger partial charge in [0, 0.05) is 16.0 Å². The Morgan fingerprint density at radius 3 is 2.59 bits per heavy atom. The fourth-order valence-electron chi connectivity index (χ4n) is 2.56. The number of aromatic nitrogens is 1. The summed E-state index contributed by atoms with van der Waals surface area (Å²) in [5.41, 5.74) is 7.89. The smallest absolute Gasteiger partial charge is 0.311 e. The third-order valence-electron chi connectivity index (χ3n) is 3.89. The van der Waals surface area contributed by atoms with Crippen molar-refractivity contribution in [1.29, 1.82) is 0 Å². The molecule has 2 aromatic carbocycles. The van der Waals surface area contributed by atoms with Crippen LogP contribution in [0.15, 0.2) is 64.9 Å². The van der Waals surface area contributed by atoms with E-state index in [4.69, 9.17) is 10.5 Å². The molecule has 0 spiro atoms. The standard InChI is InChI=1S/C21H21N3O3S2/c1-2-27-18(25)12-16-13-28-21(23-16)24-20(26)19(14-6-4-3-5-7-14)29-17-10-8-15(22)9-11-17/h3-11,13,19H,2,12,22H2,1H3,(H,23,24,26). The van der Waals surface area contributed by atoms with E-state index < -0.39 is 5.25 Å². The summed E-state index contributed by atoms with van der Waals surface area (Å²) in [7, 11) is 0. The second-order valence-electron chi connectivity index (χ2n) is 6.09. The lowest BCUT2D eigenvalue weighted by Crippen LogP contribution is -2.19. The molecule has 3 aromatic rings. The van der Waals surface area contributed by atoms with E-state index in [0.717, 1.165) is 10.5 Å². The van der Waals surface area contributed by atoms with Crippen LogP contribution in [-0.2, 0) is 20.7 Å². The van der Waals surface area contributed by atoms with Crippen molar-refractivity contribution in [1.82, 2.24) is 4.98 Å². The topological polar surface area (TPSA) is 94.3 Å². The summed E-state index contributed by atoms with van der Waals surface area (Å²) in [6.07, 6.45) is 0.0858. The minimum absolute atomic E-state index is 0.0858. The number of hydrogen-bond donors (Lipinski definition) is 2. The number of nitrogens with zero attached hydrogens (tertiary/aromatic N) is 1. The predicted octanol–water partition coefficient (Wildman–Crippen LogP) is 4.30. The van der Waals surface area contributed by atoms with Gasteiger partial charge in [0.25, 0.3) is 0 Å². The maximum atomic E-state index is 13.0. The quantitative estimate of drug-likeness (QED) is 0.316.